The number of rotatable bonds is 3. The van der Waals surface area contributed by atoms with Gasteiger partial charge in [0.2, 0.25) is 0 Å². The van der Waals surface area contributed by atoms with Gasteiger partial charge in [-0.3, -0.25) is 4.79 Å². The lowest BCUT2D eigenvalue weighted by atomic mass is 10.3. The quantitative estimate of drug-likeness (QED) is 0.861. The van der Waals surface area contributed by atoms with Crippen LogP contribution >= 0.6 is 11.6 Å². The van der Waals surface area contributed by atoms with Crippen molar-refractivity contribution >= 4 is 23.0 Å². The average molecular weight is 254 g/mol. The maximum absolute atomic E-state index is 11.8. The molecular formula is C11H12ClN3O2. The van der Waals surface area contributed by atoms with Crippen molar-refractivity contribution in [3.05, 3.63) is 35.1 Å². The average Bonchev–Trinajstić information content (AvgIpc) is 2.64. The van der Waals surface area contributed by atoms with Crippen molar-refractivity contribution in [1.29, 1.82) is 0 Å². The predicted molar refractivity (Wildman–Crippen MR) is 64.2 cm³/mol. The molecule has 5 nitrogen and oxygen atoms in total. The first-order valence-electron chi connectivity index (χ1n) is 5.18. The molecule has 0 radical (unpaired) electrons. The van der Waals surface area contributed by atoms with Crippen LogP contribution in [0.4, 0.5) is 0 Å². The second-order valence-electron chi connectivity index (χ2n) is 3.75. The van der Waals surface area contributed by atoms with Crippen LogP contribution in [-0.4, -0.2) is 33.3 Å². The zero-order valence-electron chi connectivity index (χ0n) is 9.22. The minimum Gasteiger partial charge on any atom is -0.392 e. The fraction of sp³-hybridized carbons (Fsp3) is 0.273. The molecule has 90 valence electrons. The van der Waals surface area contributed by atoms with E-state index in [2.05, 4.69) is 10.4 Å². The lowest BCUT2D eigenvalue weighted by Crippen LogP contribution is -2.31. The van der Waals surface area contributed by atoms with E-state index in [0.717, 1.165) is 0 Å². The van der Waals surface area contributed by atoms with Crippen LogP contribution in [0, 0.1) is 0 Å². The van der Waals surface area contributed by atoms with E-state index in [1.807, 2.05) is 6.07 Å². The van der Waals surface area contributed by atoms with Gasteiger partial charge in [0.15, 0.2) is 5.69 Å². The summed E-state index contributed by atoms with van der Waals surface area (Å²) in [6, 6.07) is 5.40. The molecule has 2 rings (SSSR count). The summed E-state index contributed by atoms with van der Waals surface area (Å²) in [4.78, 5) is 11.8. The molecule has 0 aliphatic heterocycles. The van der Waals surface area contributed by atoms with Gasteiger partial charge in [-0.2, -0.15) is 5.10 Å². The molecule has 0 fully saturated rings. The molecule has 2 N–H and O–H groups in total. The maximum Gasteiger partial charge on any atom is 0.273 e. The van der Waals surface area contributed by atoms with Crippen molar-refractivity contribution in [3.8, 4) is 0 Å². The van der Waals surface area contributed by atoms with Crippen molar-refractivity contribution in [2.75, 3.05) is 6.54 Å². The SMILES string of the molecule is CC(O)CNC(=O)c1nn2ccccc2c1Cl. The maximum atomic E-state index is 11.8. The van der Waals surface area contributed by atoms with Crippen LogP contribution in [0.2, 0.25) is 5.02 Å². The van der Waals surface area contributed by atoms with Gasteiger partial charge < -0.3 is 10.4 Å². The highest BCUT2D eigenvalue weighted by atomic mass is 35.5. The first-order chi connectivity index (χ1) is 8.09. The van der Waals surface area contributed by atoms with Crippen molar-refractivity contribution in [2.45, 2.75) is 13.0 Å². The Hall–Kier alpha value is -1.59. The Balaban J connectivity index is 2.29. The molecule has 0 aliphatic carbocycles. The molecule has 0 aromatic carbocycles. The summed E-state index contributed by atoms with van der Waals surface area (Å²) in [5.41, 5.74) is 0.842. The molecule has 17 heavy (non-hydrogen) atoms. The summed E-state index contributed by atoms with van der Waals surface area (Å²) in [5.74, 6) is -0.389. The van der Waals surface area contributed by atoms with Gasteiger partial charge in [0, 0.05) is 12.7 Å². The monoisotopic (exact) mass is 253 g/mol. The molecule has 0 saturated carbocycles. The molecule has 2 heterocycles. The number of carbonyl (C=O) groups is 1. The number of amides is 1. The van der Waals surface area contributed by atoms with Gasteiger partial charge in [-0.15, -0.1) is 0 Å². The van der Waals surface area contributed by atoms with E-state index < -0.39 is 6.10 Å². The van der Waals surface area contributed by atoms with Gasteiger partial charge in [0.05, 0.1) is 16.6 Å². The number of fused-ring (bicyclic) bond motifs is 1. The lowest BCUT2D eigenvalue weighted by molar-refractivity contribution is 0.0919. The van der Waals surface area contributed by atoms with E-state index in [-0.39, 0.29) is 18.1 Å². The van der Waals surface area contributed by atoms with Gasteiger partial charge in [-0.05, 0) is 19.1 Å². The Morgan fingerprint density at radius 1 is 1.65 bits per heavy atom. The third-order valence-electron chi connectivity index (χ3n) is 2.25. The second-order valence-corrected chi connectivity index (χ2v) is 4.13. The summed E-state index contributed by atoms with van der Waals surface area (Å²) >= 11 is 6.06. The van der Waals surface area contributed by atoms with E-state index in [0.29, 0.717) is 10.5 Å². The third kappa shape index (κ3) is 2.40. The van der Waals surface area contributed by atoms with Gasteiger partial charge in [-0.1, -0.05) is 17.7 Å². The van der Waals surface area contributed by atoms with Crippen LogP contribution in [0.25, 0.3) is 5.52 Å². The van der Waals surface area contributed by atoms with Crippen LogP contribution in [0.3, 0.4) is 0 Å². The Morgan fingerprint density at radius 2 is 2.41 bits per heavy atom. The number of halogens is 1. The molecule has 0 bridgehead atoms. The number of hydrogen-bond acceptors (Lipinski definition) is 3. The molecule has 1 unspecified atom stereocenters. The normalized spacial score (nSPS) is 12.6. The molecule has 0 aliphatic rings. The number of pyridine rings is 1. The number of aromatic nitrogens is 2. The van der Waals surface area contributed by atoms with Gasteiger partial charge >= 0.3 is 0 Å². The van der Waals surface area contributed by atoms with Crippen molar-refractivity contribution in [3.63, 3.8) is 0 Å². The standard InChI is InChI=1S/C11H12ClN3O2/c1-7(16)6-13-11(17)10-9(12)8-4-2-3-5-15(8)14-10/h2-5,7,16H,6H2,1H3,(H,13,17). The molecule has 6 heteroatoms. The summed E-state index contributed by atoms with van der Waals surface area (Å²) < 4.78 is 1.54. The van der Waals surface area contributed by atoms with Crippen LogP contribution in [-0.2, 0) is 0 Å². The number of carbonyl (C=O) groups excluding carboxylic acids is 1. The minimum absolute atomic E-state index is 0.165. The molecule has 2 aromatic heterocycles. The highest BCUT2D eigenvalue weighted by Crippen LogP contribution is 2.21. The van der Waals surface area contributed by atoms with Gasteiger partial charge in [-0.25, -0.2) is 4.52 Å². The number of aliphatic hydroxyl groups excluding tert-OH is 1. The summed E-state index contributed by atoms with van der Waals surface area (Å²) in [7, 11) is 0. The van der Waals surface area contributed by atoms with E-state index >= 15 is 0 Å². The molecule has 2 aromatic rings. The fourth-order valence-corrected chi connectivity index (χ4v) is 1.71. The van der Waals surface area contributed by atoms with Crippen LogP contribution < -0.4 is 5.32 Å². The Kier molecular flexibility index (Phi) is 3.31. The summed E-state index contributed by atoms with van der Waals surface area (Å²) in [6.45, 7) is 1.76. The predicted octanol–water partition coefficient (Wildman–Crippen LogP) is 1.10. The summed E-state index contributed by atoms with van der Waals surface area (Å²) in [6.07, 6.45) is 1.11. The van der Waals surface area contributed by atoms with Crippen LogP contribution in [0.1, 0.15) is 17.4 Å². The summed E-state index contributed by atoms with van der Waals surface area (Å²) in [5, 5.41) is 16.0. The lowest BCUT2D eigenvalue weighted by Gasteiger charge is -2.04. The van der Waals surface area contributed by atoms with Crippen LogP contribution in [0.15, 0.2) is 24.4 Å². The molecule has 0 spiro atoms. The molecule has 1 amide bonds. The third-order valence-corrected chi connectivity index (χ3v) is 2.63. The van der Waals surface area contributed by atoms with Crippen molar-refractivity contribution in [1.82, 2.24) is 14.9 Å². The first-order valence-corrected chi connectivity index (χ1v) is 5.56. The van der Waals surface area contributed by atoms with E-state index in [1.165, 1.54) is 0 Å². The number of aliphatic hydroxyl groups is 1. The Morgan fingerprint density at radius 3 is 3.06 bits per heavy atom. The molecular weight excluding hydrogens is 242 g/mol. The topological polar surface area (TPSA) is 66.6 Å². The van der Waals surface area contributed by atoms with E-state index in [9.17, 15) is 4.79 Å². The van der Waals surface area contributed by atoms with E-state index in [1.54, 1.807) is 29.8 Å². The first kappa shape index (κ1) is 11.9. The zero-order valence-corrected chi connectivity index (χ0v) is 9.98. The second kappa shape index (κ2) is 4.73. The van der Waals surface area contributed by atoms with Crippen LogP contribution in [0.5, 0.6) is 0 Å². The van der Waals surface area contributed by atoms with E-state index in [4.69, 9.17) is 16.7 Å². The zero-order chi connectivity index (χ0) is 12.4. The Labute approximate surface area is 103 Å². The minimum atomic E-state index is -0.602. The van der Waals surface area contributed by atoms with Gasteiger partial charge in [0.25, 0.3) is 5.91 Å². The van der Waals surface area contributed by atoms with Crippen molar-refractivity contribution < 1.29 is 9.90 Å². The molecule has 0 saturated heterocycles. The fourth-order valence-electron chi connectivity index (χ4n) is 1.44. The van der Waals surface area contributed by atoms with Crippen molar-refractivity contribution in [2.24, 2.45) is 0 Å². The number of nitrogens with zero attached hydrogens (tertiary/aromatic N) is 2. The highest BCUT2D eigenvalue weighted by Gasteiger charge is 2.17. The smallest absolute Gasteiger partial charge is 0.273 e. The highest BCUT2D eigenvalue weighted by molar-refractivity contribution is 6.36. The number of hydrogen-bond donors (Lipinski definition) is 2. The molecule has 1 atom stereocenters. The number of nitrogens with one attached hydrogen (secondary N) is 1. The largest absolute Gasteiger partial charge is 0.392 e. The Bertz CT molecular complexity index is 551. The van der Waals surface area contributed by atoms with Gasteiger partial charge in [0.1, 0.15) is 0 Å².